The van der Waals surface area contributed by atoms with Crippen molar-refractivity contribution in [2.45, 2.75) is 65.3 Å². The molecule has 1 unspecified atom stereocenters. The van der Waals surface area contributed by atoms with E-state index in [4.69, 9.17) is 5.11 Å². The second kappa shape index (κ2) is 8.15. The molecule has 22 heavy (non-hydrogen) atoms. The topological polar surface area (TPSA) is 86.7 Å². The summed E-state index contributed by atoms with van der Waals surface area (Å²) >= 11 is 0. The van der Waals surface area contributed by atoms with E-state index in [1.807, 2.05) is 20.8 Å². The van der Waals surface area contributed by atoms with E-state index in [0.717, 1.165) is 19.3 Å². The summed E-state index contributed by atoms with van der Waals surface area (Å²) in [5.41, 5.74) is -0.460. The fourth-order valence-corrected chi connectivity index (χ4v) is 2.61. The van der Waals surface area contributed by atoms with Crippen molar-refractivity contribution in [1.29, 1.82) is 0 Å². The second-order valence-corrected chi connectivity index (χ2v) is 6.93. The Morgan fingerprint density at radius 1 is 1.18 bits per heavy atom. The molecule has 0 aromatic carbocycles. The number of carbonyl (C=O) groups is 3. The summed E-state index contributed by atoms with van der Waals surface area (Å²) < 4.78 is 0. The van der Waals surface area contributed by atoms with E-state index in [9.17, 15) is 14.4 Å². The fourth-order valence-electron chi connectivity index (χ4n) is 2.61. The predicted molar refractivity (Wildman–Crippen MR) is 83.3 cm³/mol. The van der Waals surface area contributed by atoms with Gasteiger partial charge in [0.1, 0.15) is 0 Å². The molecule has 126 valence electrons. The lowest BCUT2D eigenvalue weighted by molar-refractivity contribution is -0.140. The summed E-state index contributed by atoms with van der Waals surface area (Å²) in [6.45, 7) is 6.51. The fraction of sp³-hybridized carbons (Fsp3) is 0.812. The molecule has 0 bridgehead atoms. The molecule has 1 fully saturated rings. The number of rotatable bonds is 6. The molecule has 0 radical (unpaired) electrons. The third-order valence-corrected chi connectivity index (χ3v) is 3.94. The smallest absolute Gasteiger partial charge is 0.303 e. The number of hydrogen-bond donors (Lipinski definition) is 2. The van der Waals surface area contributed by atoms with Gasteiger partial charge in [-0.15, -0.1) is 0 Å². The van der Waals surface area contributed by atoms with Gasteiger partial charge in [0.05, 0.1) is 0 Å². The predicted octanol–water partition coefficient (Wildman–Crippen LogP) is 1.78. The van der Waals surface area contributed by atoms with E-state index in [1.54, 1.807) is 4.90 Å². The summed E-state index contributed by atoms with van der Waals surface area (Å²) in [6.07, 6.45) is 3.74. The van der Waals surface area contributed by atoms with E-state index in [1.165, 1.54) is 0 Å². The number of nitrogens with zero attached hydrogens (tertiary/aromatic N) is 1. The van der Waals surface area contributed by atoms with Crippen LogP contribution < -0.4 is 5.32 Å². The van der Waals surface area contributed by atoms with Gasteiger partial charge in [-0.3, -0.25) is 14.4 Å². The molecule has 6 nitrogen and oxygen atoms in total. The minimum absolute atomic E-state index is 0.00398. The molecule has 6 heteroatoms. The van der Waals surface area contributed by atoms with Gasteiger partial charge in [0.2, 0.25) is 11.8 Å². The van der Waals surface area contributed by atoms with Gasteiger partial charge in [-0.05, 0) is 25.7 Å². The SMILES string of the molecule is CC(C)(C)C(=O)NCCC(=O)N1CCCCC1CCC(=O)O. The lowest BCUT2D eigenvalue weighted by Gasteiger charge is -2.36. The third-order valence-electron chi connectivity index (χ3n) is 3.94. The zero-order chi connectivity index (χ0) is 16.8. The third kappa shape index (κ3) is 6.03. The van der Waals surface area contributed by atoms with Crippen molar-refractivity contribution < 1.29 is 19.5 Å². The van der Waals surface area contributed by atoms with E-state index < -0.39 is 11.4 Å². The largest absolute Gasteiger partial charge is 0.481 e. The summed E-state index contributed by atoms with van der Waals surface area (Å²) in [4.78, 5) is 36.6. The molecule has 0 aromatic rings. The van der Waals surface area contributed by atoms with Crippen molar-refractivity contribution in [3.63, 3.8) is 0 Å². The first kappa shape index (κ1) is 18.5. The van der Waals surface area contributed by atoms with Crippen molar-refractivity contribution >= 4 is 17.8 Å². The normalized spacial score (nSPS) is 18.9. The number of likely N-dealkylation sites (tertiary alicyclic amines) is 1. The number of nitrogens with one attached hydrogen (secondary N) is 1. The summed E-state index contributed by atoms with van der Waals surface area (Å²) in [5, 5.41) is 11.6. The molecule has 0 aromatic heterocycles. The Morgan fingerprint density at radius 3 is 2.45 bits per heavy atom. The first-order chi connectivity index (χ1) is 10.2. The van der Waals surface area contributed by atoms with Gasteiger partial charge in [-0.1, -0.05) is 20.8 Å². The van der Waals surface area contributed by atoms with E-state index in [-0.39, 0.29) is 30.7 Å². The molecule has 1 atom stereocenters. The standard InChI is InChI=1S/C16H28N2O4/c1-16(2,3)15(22)17-10-9-13(19)18-11-5-4-6-12(18)7-8-14(20)21/h12H,4-11H2,1-3H3,(H,17,22)(H,20,21). The van der Waals surface area contributed by atoms with Crippen LogP contribution in [0.1, 0.15) is 59.3 Å². The Balaban J connectivity index is 2.44. The van der Waals surface area contributed by atoms with Crippen LogP contribution >= 0.6 is 0 Å². The maximum absolute atomic E-state index is 12.3. The van der Waals surface area contributed by atoms with Crippen LogP contribution in [0.15, 0.2) is 0 Å². The highest BCUT2D eigenvalue weighted by molar-refractivity contribution is 5.82. The van der Waals surface area contributed by atoms with Gasteiger partial charge in [0.15, 0.2) is 0 Å². The maximum atomic E-state index is 12.3. The molecule has 1 saturated heterocycles. The minimum Gasteiger partial charge on any atom is -0.481 e. The number of piperidine rings is 1. The summed E-state index contributed by atoms with van der Waals surface area (Å²) in [6, 6.07) is 0.0238. The van der Waals surface area contributed by atoms with E-state index in [2.05, 4.69) is 5.32 Å². The van der Waals surface area contributed by atoms with Crippen LogP contribution in [0.5, 0.6) is 0 Å². The van der Waals surface area contributed by atoms with Crippen LogP contribution in [-0.2, 0) is 14.4 Å². The first-order valence-corrected chi connectivity index (χ1v) is 8.01. The zero-order valence-electron chi connectivity index (χ0n) is 13.9. The Morgan fingerprint density at radius 2 is 1.86 bits per heavy atom. The molecule has 1 rings (SSSR count). The molecule has 1 heterocycles. The molecular formula is C16H28N2O4. The molecule has 1 aliphatic heterocycles. The highest BCUT2D eigenvalue weighted by atomic mass is 16.4. The quantitative estimate of drug-likeness (QED) is 0.783. The minimum atomic E-state index is -0.824. The Bertz CT molecular complexity index is 415. The van der Waals surface area contributed by atoms with Crippen LogP contribution in [0.25, 0.3) is 0 Å². The molecule has 0 spiro atoms. The number of carbonyl (C=O) groups excluding carboxylic acids is 2. The summed E-state index contributed by atoms with van der Waals surface area (Å²) in [7, 11) is 0. The van der Waals surface area contributed by atoms with Crippen LogP contribution in [0.2, 0.25) is 0 Å². The van der Waals surface area contributed by atoms with E-state index >= 15 is 0 Å². The number of carboxylic acid groups (broad SMARTS) is 1. The monoisotopic (exact) mass is 312 g/mol. The van der Waals surface area contributed by atoms with Gasteiger partial charge in [0.25, 0.3) is 0 Å². The lowest BCUT2D eigenvalue weighted by Crippen LogP contribution is -2.45. The average Bonchev–Trinajstić information content (AvgIpc) is 2.44. The van der Waals surface area contributed by atoms with Crippen LogP contribution in [0.3, 0.4) is 0 Å². The second-order valence-electron chi connectivity index (χ2n) is 6.93. The zero-order valence-corrected chi connectivity index (χ0v) is 13.9. The summed E-state index contributed by atoms with van der Waals surface area (Å²) in [5.74, 6) is -0.888. The lowest BCUT2D eigenvalue weighted by atomic mass is 9.95. The highest BCUT2D eigenvalue weighted by Gasteiger charge is 2.27. The molecule has 2 N–H and O–H groups in total. The van der Waals surface area contributed by atoms with Crippen molar-refractivity contribution in [3.8, 4) is 0 Å². The van der Waals surface area contributed by atoms with Crippen molar-refractivity contribution in [1.82, 2.24) is 10.2 Å². The van der Waals surface area contributed by atoms with E-state index in [0.29, 0.717) is 19.5 Å². The van der Waals surface area contributed by atoms with Crippen LogP contribution in [0, 0.1) is 5.41 Å². The number of aliphatic carboxylic acids is 1. The highest BCUT2D eigenvalue weighted by Crippen LogP contribution is 2.21. The Hall–Kier alpha value is -1.59. The maximum Gasteiger partial charge on any atom is 0.303 e. The van der Waals surface area contributed by atoms with Gasteiger partial charge >= 0.3 is 5.97 Å². The molecule has 1 aliphatic rings. The molecule has 0 aliphatic carbocycles. The van der Waals surface area contributed by atoms with Gasteiger partial charge < -0.3 is 15.3 Å². The first-order valence-electron chi connectivity index (χ1n) is 8.01. The van der Waals surface area contributed by atoms with Crippen molar-refractivity contribution in [2.24, 2.45) is 5.41 Å². The van der Waals surface area contributed by atoms with Gasteiger partial charge in [-0.25, -0.2) is 0 Å². The van der Waals surface area contributed by atoms with Crippen LogP contribution in [0.4, 0.5) is 0 Å². The van der Waals surface area contributed by atoms with Crippen molar-refractivity contribution in [3.05, 3.63) is 0 Å². The molecular weight excluding hydrogens is 284 g/mol. The van der Waals surface area contributed by atoms with Crippen LogP contribution in [-0.4, -0.2) is 46.9 Å². The van der Waals surface area contributed by atoms with Gasteiger partial charge in [0, 0.05) is 37.4 Å². The number of amides is 2. The van der Waals surface area contributed by atoms with Crippen molar-refractivity contribution in [2.75, 3.05) is 13.1 Å². The van der Waals surface area contributed by atoms with Gasteiger partial charge in [-0.2, -0.15) is 0 Å². The average molecular weight is 312 g/mol. The Kier molecular flexibility index (Phi) is 6.84. The number of carboxylic acids is 1. The molecule has 2 amide bonds. The number of hydrogen-bond acceptors (Lipinski definition) is 3. The Labute approximate surface area is 132 Å². The molecule has 0 saturated carbocycles.